The lowest BCUT2D eigenvalue weighted by Crippen LogP contribution is -2.48. The van der Waals surface area contributed by atoms with Gasteiger partial charge in [0.15, 0.2) is 0 Å². The summed E-state index contributed by atoms with van der Waals surface area (Å²) >= 11 is 0. The molecule has 1 saturated heterocycles. The van der Waals surface area contributed by atoms with Crippen molar-refractivity contribution < 1.29 is 5.11 Å². The first-order chi connectivity index (χ1) is 12.3. The minimum Gasteiger partial charge on any atom is -0.391 e. The van der Waals surface area contributed by atoms with Crippen molar-refractivity contribution in [2.45, 2.75) is 24.4 Å². The summed E-state index contributed by atoms with van der Waals surface area (Å²) in [6.07, 6.45) is 0.732. The van der Waals surface area contributed by atoms with Crippen LogP contribution in [0.4, 0.5) is 0 Å². The summed E-state index contributed by atoms with van der Waals surface area (Å²) in [5.41, 5.74) is 4.21. The monoisotopic (exact) mass is 329 g/mol. The molecule has 0 amide bonds. The van der Waals surface area contributed by atoms with Crippen molar-refractivity contribution in [3.8, 4) is 0 Å². The minimum absolute atomic E-state index is 0.252. The van der Waals surface area contributed by atoms with Crippen molar-refractivity contribution >= 4 is 10.8 Å². The Kier molecular flexibility index (Phi) is 3.61. The Morgan fingerprint density at radius 3 is 2.44 bits per heavy atom. The maximum atomic E-state index is 10.9. The number of aliphatic hydroxyl groups excluding tert-OH is 1. The van der Waals surface area contributed by atoms with E-state index in [2.05, 4.69) is 72.0 Å². The van der Waals surface area contributed by atoms with Gasteiger partial charge in [-0.25, -0.2) is 0 Å². The van der Waals surface area contributed by atoms with Gasteiger partial charge in [-0.3, -0.25) is 0 Å². The van der Waals surface area contributed by atoms with Gasteiger partial charge in [-0.15, -0.1) is 0 Å². The number of aliphatic hydroxyl groups is 1. The highest BCUT2D eigenvalue weighted by molar-refractivity contribution is 5.91. The van der Waals surface area contributed by atoms with Crippen LogP contribution in [-0.2, 0) is 6.42 Å². The van der Waals surface area contributed by atoms with Gasteiger partial charge in [-0.2, -0.15) is 0 Å². The highest BCUT2D eigenvalue weighted by atomic mass is 16.3. The molecule has 2 aliphatic rings. The van der Waals surface area contributed by atoms with E-state index in [1.807, 2.05) is 0 Å². The highest BCUT2D eigenvalue weighted by Crippen LogP contribution is 2.48. The summed E-state index contributed by atoms with van der Waals surface area (Å²) < 4.78 is 0. The smallest absolute Gasteiger partial charge is 0.0705 e. The predicted octanol–water partition coefficient (Wildman–Crippen LogP) is 3.84. The molecule has 0 aromatic heterocycles. The molecule has 4 unspecified atom stereocenters. The molecule has 0 bridgehead atoms. The predicted molar refractivity (Wildman–Crippen MR) is 102 cm³/mol. The molecule has 1 aliphatic carbocycles. The van der Waals surface area contributed by atoms with E-state index in [1.54, 1.807) is 0 Å². The van der Waals surface area contributed by atoms with Crippen LogP contribution < -0.4 is 5.32 Å². The molecule has 25 heavy (non-hydrogen) atoms. The Morgan fingerprint density at radius 2 is 1.60 bits per heavy atom. The van der Waals surface area contributed by atoms with Gasteiger partial charge in [0.25, 0.3) is 0 Å². The van der Waals surface area contributed by atoms with E-state index in [-0.39, 0.29) is 12.0 Å². The zero-order valence-corrected chi connectivity index (χ0v) is 14.2. The maximum Gasteiger partial charge on any atom is 0.0705 e. The van der Waals surface area contributed by atoms with Crippen LogP contribution in [0.5, 0.6) is 0 Å². The van der Waals surface area contributed by atoms with E-state index in [9.17, 15) is 5.11 Å². The van der Waals surface area contributed by atoms with Gasteiger partial charge in [-0.1, -0.05) is 66.7 Å². The van der Waals surface area contributed by atoms with Crippen molar-refractivity contribution in [3.05, 3.63) is 83.4 Å². The molecule has 1 heterocycles. The van der Waals surface area contributed by atoms with Crippen molar-refractivity contribution in [1.82, 2.24) is 5.32 Å². The van der Waals surface area contributed by atoms with Crippen LogP contribution >= 0.6 is 0 Å². The summed E-state index contributed by atoms with van der Waals surface area (Å²) in [5, 5.41) is 17.1. The first-order valence-corrected chi connectivity index (χ1v) is 9.27. The summed E-state index contributed by atoms with van der Waals surface area (Å²) in [6, 6.07) is 24.0. The second-order valence-electron chi connectivity index (χ2n) is 7.49. The highest BCUT2D eigenvalue weighted by Gasteiger charge is 2.41. The van der Waals surface area contributed by atoms with Crippen LogP contribution in [-0.4, -0.2) is 24.3 Å². The molecular weight excluding hydrogens is 306 g/mol. The van der Waals surface area contributed by atoms with Gasteiger partial charge >= 0.3 is 0 Å². The number of β-amino-alcohol motifs (C(OH)–C–C–N with tert-alkyl or cyclic N) is 1. The van der Waals surface area contributed by atoms with Gasteiger partial charge in [0.1, 0.15) is 0 Å². The number of benzene rings is 3. The number of rotatable bonds is 2. The molecule has 0 radical (unpaired) electrons. The summed E-state index contributed by atoms with van der Waals surface area (Å²) in [4.78, 5) is 0. The fourth-order valence-electron chi connectivity index (χ4n) is 5.14. The quantitative estimate of drug-likeness (QED) is 0.749. The summed E-state index contributed by atoms with van der Waals surface area (Å²) in [7, 11) is 0. The van der Waals surface area contributed by atoms with Crippen LogP contribution in [0.2, 0.25) is 0 Å². The van der Waals surface area contributed by atoms with E-state index < -0.39 is 0 Å². The fraction of sp³-hybridized carbons (Fsp3) is 0.304. The average Bonchev–Trinajstić information content (AvgIpc) is 3.03. The molecule has 4 atom stereocenters. The first kappa shape index (κ1) is 15.1. The SMILES string of the molecule is OC1CNCC(c2ccccc2)C1C1Cc2cccc3cccc1c23. The zero-order chi connectivity index (χ0) is 16.8. The molecule has 1 fully saturated rings. The molecule has 3 aromatic carbocycles. The third kappa shape index (κ3) is 2.40. The zero-order valence-electron chi connectivity index (χ0n) is 14.2. The van der Waals surface area contributed by atoms with E-state index >= 15 is 0 Å². The standard InChI is InChI=1S/C23H23NO/c25-21-14-24-13-20(15-6-2-1-3-7-15)23(21)19-12-17-10-4-8-16-9-5-11-18(19)22(16)17/h1-11,19-21,23-25H,12-14H2. The van der Waals surface area contributed by atoms with E-state index in [1.165, 1.54) is 27.5 Å². The van der Waals surface area contributed by atoms with Crippen LogP contribution in [0.25, 0.3) is 10.8 Å². The molecule has 2 nitrogen and oxygen atoms in total. The molecule has 5 rings (SSSR count). The van der Waals surface area contributed by atoms with Crippen LogP contribution in [0.3, 0.4) is 0 Å². The Labute approximate surface area is 148 Å². The normalized spacial score (nSPS) is 28.4. The molecule has 126 valence electrons. The third-order valence-corrected chi connectivity index (χ3v) is 6.18. The van der Waals surface area contributed by atoms with Crippen molar-refractivity contribution in [3.63, 3.8) is 0 Å². The lowest BCUT2D eigenvalue weighted by Gasteiger charge is -2.40. The summed E-state index contributed by atoms with van der Waals surface area (Å²) in [6.45, 7) is 1.63. The fourth-order valence-corrected chi connectivity index (χ4v) is 5.14. The lowest BCUT2D eigenvalue weighted by atomic mass is 9.70. The largest absolute Gasteiger partial charge is 0.391 e. The van der Waals surface area contributed by atoms with E-state index in [4.69, 9.17) is 0 Å². The van der Waals surface area contributed by atoms with Gasteiger partial charge < -0.3 is 10.4 Å². The number of piperidine rings is 1. The first-order valence-electron chi connectivity index (χ1n) is 9.27. The maximum absolute atomic E-state index is 10.9. The Morgan fingerprint density at radius 1 is 0.800 bits per heavy atom. The van der Waals surface area contributed by atoms with E-state index in [0.29, 0.717) is 18.4 Å². The molecular formula is C23H23NO. The van der Waals surface area contributed by atoms with Crippen molar-refractivity contribution in [2.24, 2.45) is 5.92 Å². The van der Waals surface area contributed by atoms with Gasteiger partial charge in [0, 0.05) is 24.9 Å². The lowest BCUT2D eigenvalue weighted by molar-refractivity contribution is 0.0530. The molecule has 0 saturated carbocycles. The average molecular weight is 329 g/mol. The molecule has 2 N–H and O–H groups in total. The molecule has 1 aliphatic heterocycles. The summed E-state index contributed by atoms with van der Waals surface area (Å²) in [5.74, 6) is 0.990. The Hall–Kier alpha value is -2.16. The Bertz CT molecular complexity index is 899. The second kappa shape index (κ2) is 5.98. The van der Waals surface area contributed by atoms with Gasteiger partial charge in [-0.05, 0) is 39.8 Å². The minimum atomic E-state index is -0.312. The van der Waals surface area contributed by atoms with Gasteiger partial charge in [0.2, 0.25) is 0 Å². The van der Waals surface area contributed by atoms with Crippen molar-refractivity contribution in [1.29, 1.82) is 0 Å². The molecule has 3 aromatic rings. The number of hydrogen-bond donors (Lipinski definition) is 2. The second-order valence-corrected chi connectivity index (χ2v) is 7.49. The third-order valence-electron chi connectivity index (χ3n) is 6.18. The van der Waals surface area contributed by atoms with E-state index in [0.717, 1.165) is 13.0 Å². The molecule has 0 spiro atoms. The van der Waals surface area contributed by atoms with Crippen LogP contribution in [0.1, 0.15) is 28.5 Å². The number of hydrogen-bond acceptors (Lipinski definition) is 2. The van der Waals surface area contributed by atoms with Gasteiger partial charge in [0.05, 0.1) is 6.10 Å². The number of nitrogens with one attached hydrogen (secondary N) is 1. The van der Waals surface area contributed by atoms with Crippen LogP contribution in [0.15, 0.2) is 66.7 Å². The Balaban J connectivity index is 1.61. The topological polar surface area (TPSA) is 32.3 Å². The van der Waals surface area contributed by atoms with Crippen molar-refractivity contribution in [2.75, 3.05) is 13.1 Å². The van der Waals surface area contributed by atoms with Crippen LogP contribution in [0, 0.1) is 5.92 Å². The molecule has 2 heteroatoms.